The second kappa shape index (κ2) is 5.01. The molecular formula is C14H20N4O2. The molecule has 0 saturated carbocycles. The van der Waals surface area contributed by atoms with Crippen molar-refractivity contribution in [3.63, 3.8) is 0 Å². The number of hydrogen-bond donors (Lipinski definition) is 1. The Morgan fingerprint density at radius 1 is 1.25 bits per heavy atom. The van der Waals surface area contributed by atoms with Gasteiger partial charge in [0.25, 0.3) is 5.91 Å². The van der Waals surface area contributed by atoms with Crippen LogP contribution in [-0.2, 0) is 0 Å². The van der Waals surface area contributed by atoms with Crippen molar-refractivity contribution >= 4 is 11.7 Å². The van der Waals surface area contributed by atoms with E-state index < -0.39 is 0 Å². The number of anilines is 1. The Bertz CT molecular complexity index is 488. The van der Waals surface area contributed by atoms with Crippen LogP contribution in [0.4, 0.5) is 5.82 Å². The van der Waals surface area contributed by atoms with E-state index in [0.29, 0.717) is 17.8 Å². The second-order valence-electron chi connectivity index (χ2n) is 5.89. The molecule has 2 fully saturated rings. The van der Waals surface area contributed by atoms with Crippen LogP contribution >= 0.6 is 0 Å². The first kappa shape index (κ1) is 13.3. The third-order valence-electron chi connectivity index (χ3n) is 4.25. The van der Waals surface area contributed by atoms with Gasteiger partial charge in [-0.25, -0.2) is 0 Å². The summed E-state index contributed by atoms with van der Waals surface area (Å²) in [6.45, 7) is 0. The van der Waals surface area contributed by atoms with Gasteiger partial charge in [0, 0.05) is 26.2 Å². The molecule has 108 valence electrons. The first-order valence-corrected chi connectivity index (χ1v) is 7.08. The molecule has 1 amide bonds. The molecule has 3 heterocycles. The van der Waals surface area contributed by atoms with Crippen molar-refractivity contribution in [2.24, 2.45) is 0 Å². The van der Waals surface area contributed by atoms with Crippen LogP contribution in [0.3, 0.4) is 0 Å². The Morgan fingerprint density at radius 2 is 1.90 bits per heavy atom. The fourth-order valence-electron chi connectivity index (χ4n) is 3.33. The van der Waals surface area contributed by atoms with Crippen molar-refractivity contribution in [1.29, 1.82) is 0 Å². The number of hydrogen-bond acceptors (Lipinski definition) is 5. The first-order valence-electron chi connectivity index (χ1n) is 7.08. The summed E-state index contributed by atoms with van der Waals surface area (Å²) in [7, 11) is 3.40. The van der Waals surface area contributed by atoms with Crippen LogP contribution in [0.5, 0.6) is 0 Å². The first-order chi connectivity index (χ1) is 9.56. The Morgan fingerprint density at radius 3 is 2.40 bits per heavy atom. The SMILES string of the molecule is CN(C)C(=O)c1ccc(N2C3CCC2CC(O)C3)nn1. The largest absolute Gasteiger partial charge is 0.393 e. The van der Waals surface area contributed by atoms with Gasteiger partial charge in [-0.15, -0.1) is 10.2 Å². The predicted octanol–water partition coefficient (Wildman–Crippen LogP) is 0.670. The van der Waals surface area contributed by atoms with Gasteiger partial charge in [-0.1, -0.05) is 0 Å². The molecule has 2 aliphatic heterocycles. The molecule has 2 saturated heterocycles. The summed E-state index contributed by atoms with van der Waals surface area (Å²) >= 11 is 0. The van der Waals surface area contributed by atoms with Gasteiger partial charge in [-0.2, -0.15) is 0 Å². The topological polar surface area (TPSA) is 69.6 Å². The molecule has 0 aliphatic carbocycles. The molecule has 0 radical (unpaired) electrons. The maximum Gasteiger partial charge on any atom is 0.273 e. The highest BCUT2D eigenvalue weighted by atomic mass is 16.3. The van der Waals surface area contributed by atoms with Gasteiger partial charge in [0.2, 0.25) is 0 Å². The summed E-state index contributed by atoms with van der Waals surface area (Å²) in [5.74, 6) is 0.681. The van der Waals surface area contributed by atoms with E-state index in [4.69, 9.17) is 0 Å². The zero-order valence-electron chi connectivity index (χ0n) is 11.9. The summed E-state index contributed by atoms with van der Waals surface area (Å²) in [6, 6.07) is 4.31. The molecule has 1 aromatic rings. The number of carbonyl (C=O) groups is 1. The quantitative estimate of drug-likeness (QED) is 0.860. The minimum absolute atomic E-state index is 0.138. The molecule has 2 bridgehead atoms. The van der Waals surface area contributed by atoms with Gasteiger partial charge in [0.1, 0.15) is 0 Å². The standard InChI is InChI=1S/C14H20N4O2/c1-17(2)14(20)12-5-6-13(16-15-12)18-9-3-4-10(18)8-11(19)7-9/h5-6,9-11,19H,3-4,7-8H2,1-2H3. The molecule has 6 nitrogen and oxygen atoms in total. The number of aliphatic hydroxyl groups excluding tert-OH is 1. The highest BCUT2D eigenvalue weighted by Gasteiger charge is 2.40. The van der Waals surface area contributed by atoms with Gasteiger partial charge >= 0.3 is 0 Å². The number of piperidine rings is 1. The van der Waals surface area contributed by atoms with Crippen molar-refractivity contribution in [2.45, 2.75) is 43.9 Å². The number of rotatable bonds is 2. The molecule has 20 heavy (non-hydrogen) atoms. The van der Waals surface area contributed by atoms with Gasteiger partial charge in [0.05, 0.1) is 6.10 Å². The molecule has 1 N–H and O–H groups in total. The third-order valence-corrected chi connectivity index (χ3v) is 4.25. The average Bonchev–Trinajstić information content (AvgIpc) is 2.70. The number of amides is 1. The lowest BCUT2D eigenvalue weighted by Crippen LogP contribution is -2.45. The van der Waals surface area contributed by atoms with Gasteiger partial charge < -0.3 is 14.9 Å². The van der Waals surface area contributed by atoms with Crippen molar-refractivity contribution in [1.82, 2.24) is 15.1 Å². The van der Waals surface area contributed by atoms with E-state index in [1.54, 1.807) is 20.2 Å². The highest BCUT2D eigenvalue weighted by molar-refractivity contribution is 5.91. The molecule has 3 rings (SSSR count). The van der Waals surface area contributed by atoms with E-state index in [1.807, 2.05) is 6.07 Å². The maximum atomic E-state index is 11.8. The second-order valence-corrected chi connectivity index (χ2v) is 5.89. The Hall–Kier alpha value is -1.69. The van der Waals surface area contributed by atoms with Crippen LogP contribution in [-0.4, -0.2) is 58.4 Å². The molecule has 1 aromatic heterocycles. The van der Waals surface area contributed by atoms with Crippen molar-refractivity contribution < 1.29 is 9.90 Å². The van der Waals surface area contributed by atoms with Crippen LogP contribution < -0.4 is 4.90 Å². The fourth-order valence-corrected chi connectivity index (χ4v) is 3.33. The number of nitrogens with zero attached hydrogens (tertiary/aromatic N) is 4. The van der Waals surface area contributed by atoms with Crippen molar-refractivity contribution in [3.8, 4) is 0 Å². The van der Waals surface area contributed by atoms with E-state index in [2.05, 4.69) is 15.1 Å². The van der Waals surface area contributed by atoms with E-state index in [9.17, 15) is 9.90 Å². The number of aromatic nitrogens is 2. The minimum atomic E-state index is -0.189. The van der Waals surface area contributed by atoms with Crippen LogP contribution in [0.15, 0.2) is 12.1 Å². The molecule has 6 heteroatoms. The summed E-state index contributed by atoms with van der Waals surface area (Å²) in [5.41, 5.74) is 0.364. The highest BCUT2D eigenvalue weighted by Crippen LogP contribution is 2.38. The lowest BCUT2D eigenvalue weighted by atomic mass is 10.00. The average molecular weight is 276 g/mol. The lowest BCUT2D eigenvalue weighted by molar-refractivity contribution is 0.0821. The zero-order chi connectivity index (χ0) is 14.3. The van der Waals surface area contributed by atoms with E-state index in [1.165, 1.54) is 4.90 Å². The Balaban J connectivity index is 1.80. The molecule has 0 spiro atoms. The normalized spacial score (nSPS) is 28.6. The van der Waals surface area contributed by atoms with E-state index >= 15 is 0 Å². The van der Waals surface area contributed by atoms with E-state index in [0.717, 1.165) is 31.5 Å². The maximum absolute atomic E-state index is 11.8. The van der Waals surface area contributed by atoms with E-state index in [-0.39, 0.29) is 12.0 Å². The van der Waals surface area contributed by atoms with Gasteiger partial charge in [-0.3, -0.25) is 4.79 Å². The summed E-state index contributed by atoms with van der Waals surface area (Å²) in [5, 5.41) is 18.1. The summed E-state index contributed by atoms with van der Waals surface area (Å²) in [6.07, 6.45) is 3.61. The van der Waals surface area contributed by atoms with Crippen LogP contribution in [0.25, 0.3) is 0 Å². The summed E-state index contributed by atoms with van der Waals surface area (Å²) in [4.78, 5) is 15.6. The van der Waals surface area contributed by atoms with Gasteiger partial charge in [0.15, 0.2) is 11.5 Å². The summed E-state index contributed by atoms with van der Waals surface area (Å²) < 4.78 is 0. The van der Waals surface area contributed by atoms with Gasteiger partial charge in [-0.05, 0) is 37.8 Å². The Labute approximate surface area is 118 Å². The van der Waals surface area contributed by atoms with Crippen molar-refractivity contribution in [2.75, 3.05) is 19.0 Å². The number of aliphatic hydroxyl groups is 1. The fraction of sp³-hybridized carbons (Fsp3) is 0.643. The molecular weight excluding hydrogens is 256 g/mol. The number of fused-ring (bicyclic) bond motifs is 2. The predicted molar refractivity (Wildman–Crippen MR) is 74.6 cm³/mol. The monoisotopic (exact) mass is 276 g/mol. The molecule has 2 aliphatic rings. The molecule has 2 unspecified atom stereocenters. The molecule has 2 atom stereocenters. The zero-order valence-corrected chi connectivity index (χ0v) is 11.9. The molecule has 0 aromatic carbocycles. The van der Waals surface area contributed by atoms with Crippen LogP contribution in [0.1, 0.15) is 36.2 Å². The smallest absolute Gasteiger partial charge is 0.273 e. The minimum Gasteiger partial charge on any atom is -0.393 e. The lowest BCUT2D eigenvalue weighted by Gasteiger charge is -2.37. The van der Waals surface area contributed by atoms with Crippen LogP contribution in [0.2, 0.25) is 0 Å². The van der Waals surface area contributed by atoms with Crippen molar-refractivity contribution in [3.05, 3.63) is 17.8 Å². The third kappa shape index (κ3) is 2.24. The Kier molecular flexibility index (Phi) is 3.33. The van der Waals surface area contributed by atoms with Crippen LogP contribution in [0, 0.1) is 0 Å². The number of carbonyl (C=O) groups excluding carboxylic acids is 1.